The zero-order valence-corrected chi connectivity index (χ0v) is 31.6. The van der Waals surface area contributed by atoms with Crippen molar-refractivity contribution in [3.63, 3.8) is 0 Å². The number of benzene rings is 3. The number of likely N-dealkylation sites (tertiary alicyclic amines) is 1. The Hall–Kier alpha value is -2.63. The average molecular weight is 752 g/mol. The third kappa shape index (κ3) is 9.42. The van der Waals surface area contributed by atoms with Crippen molar-refractivity contribution in [2.24, 2.45) is 11.8 Å². The third-order valence-corrected chi connectivity index (χ3v) is 11.7. The van der Waals surface area contributed by atoms with Crippen molar-refractivity contribution >= 4 is 45.8 Å². The van der Waals surface area contributed by atoms with Crippen LogP contribution in [0.2, 0.25) is 10.0 Å². The molecule has 2 aliphatic heterocycles. The Labute approximate surface area is 306 Å². The summed E-state index contributed by atoms with van der Waals surface area (Å²) in [7, 11) is -1.50. The molecule has 272 valence electrons. The highest BCUT2D eigenvalue weighted by atomic mass is 35.5. The van der Waals surface area contributed by atoms with E-state index in [4.69, 9.17) is 23.2 Å². The first-order valence-electron chi connectivity index (χ1n) is 17.2. The Bertz CT molecular complexity index is 1660. The number of anilines is 1. The van der Waals surface area contributed by atoms with Gasteiger partial charge in [-0.05, 0) is 80.1 Å². The summed E-state index contributed by atoms with van der Waals surface area (Å²) in [4.78, 5) is 20.5. The topological polar surface area (TPSA) is 55.9 Å². The van der Waals surface area contributed by atoms with E-state index < -0.39 is 33.5 Å². The van der Waals surface area contributed by atoms with Gasteiger partial charge in [-0.2, -0.15) is 13.2 Å². The van der Waals surface area contributed by atoms with Gasteiger partial charge >= 0.3 is 6.18 Å². The highest BCUT2D eigenvalue weighted by Crippen LogP contribution is 2.41. The van der Waals surface area contributed by atoms with E-state index in [1.54, 1.807) is 6.07 Å². The number of hydrogen-bond acceptors (Lipinski definition) is 4. The van der Waals surface area contributed by atoms with Crippen molar-refractivity contribution in [2.75, 3.05) is 44.2 Å². The normalized spacial score (nSPS) is 20.4. The van der Waals surface area contributed by atoms with E-state index in [0.717, 1.165) is 11.6 Å². The van der Waals surface area contributed by atoms with Crippen LogP contribution in [-0.4, -0.2) is 63.9 Å². The molecule has 2 heterocycles. The maximum absolute atomic E-state index is 14.3. The lowest BCUT2D eigenvalue weighted by Crippen LogP contribution is -2.51. The summed E-state index contributed by atoms with van der Waals surface area (Å²) < 4.78 is 57.8. The maximum atomic E-state index is 14.3. The van der Waals surface area contributed by atoms with Crippen LogP contribution < -0.4 is 9.62 Å². The summed E-state index contributed by atoms with van der Waals surface area (Å²) in [5, 5.41) is 1.08. The summed E-state index contributed by atoms with van der Waals surface area (Å²) >= 11 is 12.9. The van der Waals surface area contributed by atoms with Gasteiger partial charge in [0.15, 0.2) is 0 Å². The van der Waals surface area contributed by atoms with Crippen molar-refractivity contribution in [3.8, 4) is 0 Å². The molecule has 0 spiro atoms. The van der Waals surface area contributed by atoms with Crippen LogP contribution in [0, 0.1) is 11.8 Å². The number of nitrogens with one attached hydrogen (secondary N) is 1. The van der Waals surface area contributed by atoms with Crippen LogP contribution in [-0.2, 0) is 28.5 Å². The Morgan fingerprint density at radius 3 is 2.22 bits per heavy atom. The zero-order valence-electron chi connectivity index (χ0n) is 29.3. The molecule has 3 aromatic carbocycles. The van der Waals surface area contributed by atoms with Crippen molar-refractivity contribution in [1.29, 1.82) is 0 Å². The Balaban J connectivity index is 1.38. The molecule has 0 aliphatic carbocycles. The van der Waals surface area contributed by atoms with E-state index in [1.165, 1.54) is 17.7 Å². The summed E-state index contributed by atoms with van der Waals surface area (Å²) in [6.45, 7) is 13.2. The number of rotatable bonds is 10. The van der Waals surface area contributed by atoms with Crippen LogP contribution in [0.3, 0.4) is 0 Å². The molecule has 3 aromatic rings. The number of piperazine rings is 1. The van der Waals surface area contributed by atoms with Gasteiger partial charge in [0.2, 0.25) is 5.91 Å². The van der Waals surface area contributed by atoms with Gasteiger partial charge in [-0.25, -0.2) is 8.93 Å². The smallest absolute Gasteiger partial charge is 0.368 e. The number of carbonyl (C=O) groups excluding carboxylic acids is 1. The fourth-order valence-corrected chi connectivity index (χ4v) is 8.32. The fraction of sp³-hybridized carbons (Fsp3) is 0.500. The van der Waals surface area contributed by atoms with Gasteiger partial charge in [-0.1, -0.05) is 73.4 Å². The lowest BCUT2D eigenvalue weighted by molar-refractivity contribution is -0.138. The molecule has 12 heteroatoms. The second-order valence-electron chi connectivity index (χ2n) is 14.8. The van der Waals surface area contributed by atoms with Crippen molar-refractivity contribution in [3.05, 3.63) is 99.0 Å². The second kappa shape index (κ2) is 15.9. The van der Waals surface area contributed by atoms with Gasteiger partial charge in [-0.3, -0.25) is 9.69 Å². The molecule has 0 bridgehead atoms. The summed E-state index contributed by atoms with van der Waals surface area (Å²) in [6.07, 6.45) is -4.02. The standard InChI is InChI=1S/C38H47Cl2F3N4O2S/c1-25(2)19-34(44-50(49)37(3,4)5)30-20-27(38(41,42)43)11-14-35(30)46-15-17-47(18-16-46)36(48)32-24-45(22-26-9-7-6-8-10-26)23-31(32)29-13-12-28(39)21-33(29)40/h6-14,20-21,25,31-32,34,44H,15-19,22-24H2,1-5H3/t31?,32?,34-,50?/m0/s1. The summed E-state index contributed by atoms with van der Waals surface area (Å²) in [5.74, 6) is -0.264. The zero-order chi connectivity index (χ0) is 36.4. The van der Waals surface area contributed by atoms with Crippen molar-refractivity contribution < 1.29 is 22.2 Å². The minimum atomic E-state index is -4.52. The van der Waals surface area contributed by atoms with E-state index in [-0.39, 0.29) is 23.7 Å². The average Bonchev–Trinajstić information content (AvgIpc) is 3.46. The molecule has 6 nitrogen and oxygen atoms in total. The maximum Gasteiger partial charge on any atom is 0.416 e. The number of alkyl halides is 3. The SMILES string of the molecule is CC(C)C[C@H](NS(=O)C(C)(C)C)c1cc(C(F)(F)F)ccc1N1CCN(C(=O)C2CN(Cc3ccccc3)CC2c2ccc(Cl)cc2Cl)CC1. The van der Waals surface area contributed by atoms with Crippen LogP contribution in [0.15, 0.2) is 66.7 Å². The van der Waals surface area contributed by atoms with E-state index >= 15 is 0 Å². The highest BCUT2D eigenvalue weighted by Gasteiger charge is 2.42. The first kappa shape index (κ1) is 38.6. The van der Waals surface area contributed by atoms with Gasteiger partial charge < -0.3 is 9.80 Å². The van der Waals surface area contributed by atoms with Gasteiger partial charge in [0.1, 0.15) is 0 Å². The molecule has 3 unspecified atom stereocenters. The lowest BCUT2D eigenvalue weighted by atomic mass is 9.87. The van der Waals surface area contributed by atoms with Crippen molar-refractivity contribution in [2.45, 2.75) is 70.5 Å². The number of amides is 1. The van der Waals surface area contributed by atoms with E-state index in [9.17, 15) is 22.2 Å². The molecule has 50 heavy (non-hydrogen) atoms. The second-order valence-corrected chi connectivity index (χ2v) is 17.7. The van der Waals surface area contributed by atoms with E-state index in [1.807, 2.05) is 69.9 Å². The van der Waals surface area contributed by atoms with Crippen LogP contribution in [0.5, 0.6) is 0 Å². The molecule has 1 amide bonds. The van der Waals surface area contributed by atoms with Crippen LogP contribution in [0.4, 0.5) is 18.9 Å². The predicted molar refractivity (Wildman–Crippen MR) is 198 cm³/mol. The molecule has 2 aliphatic rings. The fourth-order valence-electron chi connectivity index (χ4n) is 6.94. The lowest BCUT2D eigenvalue weighted by Gasteiger charge is -2.39. The van der Waals surface area contributed by atoms with Gasteiger partial charge in [0, 0.05) is 73.5 Å². The Morgan fingerprint density at radius 1 is 0.940 bits per heavy atom. The monoisotopic (exact) mass is 750 g/mol. The molecule has 2 fully saturated rings. The molecule has 0 radical (unpaired) electrons. The molecule has 1 N–H and O–H groups in total. The first-order valence-corrected chi connectivity index (χ1v) is 19.1. The molecule has 4 atom stereocenters. The number of hydrogen-bond donors (Lipinski definition) is 1. The molecular formula is C38H47Cl2F3N4O2S. The molecular weight excluding hydrogens is 704 g/mol. The molecule has 5 rings (SSSR count). The number of halogens is 5. The van der Waals surface area contributed by atoms with Crippen LogP contribution >= 0.6 is 23.2 Å². The van der Waals surface area contributed by atoms with Crippen LogP contribution in [0.25, 0.3) is 0 Å². The minimum absolute atomic E-state index is 0.0452. The molecule has 0 saturated carbocycles. The number of carbonyl (C=O) groups is 1. The Kier molecular flexibility index (Phi) is 12.3. The first-order chi connectivity index (χ1) is 23.5. The minimum Gasteiger partial charge on any atom is -0.368 e. The van der Waals surface area contributed by atoms with Gasteiger partial charge in [-0.15, -0.1) is 0 Å². The predicted octanol–water partition coefficient (Wildman–Crippen LogP) is 8.72. The Morgan fingerprint density at radius 2 is 1.62 bits per heavy atom. The van der Waals surface area contributed by atoms with Gasteiger partial charge in [0.05, 0.1) is 27.2 Å². The summed E-state index contributed by atoms with van der Waals surface area (Å²) in [5.41, 5.74) is 2.45. The van der Waals surface area contributed by atoms with E-state index in [0.29, 0.717) is 73.5 Å². The molecule has 0 aromatic heterocycles. The summed E-state index contributed by atoms with van der Waals surface area (Å²) in [6, 6.07) is 18.9. The molecule has 2 saturated heterocycles. The highest BCUT2D eigenvalue weighted by molar-refractivity contribution is 7.84. The third-order valence-electron chi connectivity index (χ3n) is 9.50. The van der Waals surface area contributed by atoms with E-state index in [2.05, 4.69) is 26.7 Å². The van der Waals surface area contributed by atoms with Crippen LogP contribution in [0.1, 0.15) is 75.3 Å². The quantitative estimate of drug-likeness (QED) is 0.225. The largest absolute Gasteiger partial charge is 0.416 e. The number of nitrogens with zero attached hydrogens (tertiary/aromatic N) is 3. The van der Waals surface area contributed by atoms with Gasteiger partial charge in [0.25, 0.3) is 0 Å². The van der Waals surface area contributed by atoms with Crippen molar-refractivity contribution in [1.82, 2.24) is 14.5 Å².